The van der Waals surface area contributed by atoms with Crippen molar-refractivity contribution in [3.8, 4) is 44.5 Å². The smallest absolute Gasteiger partial charge is 0.657 e. The summed E-state index contributed by atoms with van der Waals surface area (Å²) in [4.78, 5) is 20.1. The maximum atomic E-state index is 12.0. The number of aromatic nitrogens is 4. The summed E-state index contributed by atoms with van der Waals surface area (Å²) in [5, 5.41) is 0. The number of hydrogen-bond acceptors (Lipinski definition) is 6. The van der Waals surface area contributed by atoms with Crippen LogP contribution in [0.3, 0.4) is 0 Å². The molecule has 3 aromatic heterocycles. The molecule has 0 amide bonds. The monoisotopic (exact) mass is 835 g/mol. The van der Waals surface area contributed by atoms with Crippen LogP contribution in [0.25, 0.3) is 90.9 Å². The summed E-state index contributed by atoms with van der Waals surface area (Å²) in [5.41, 5.74) is 10.7. The zero-order chi connectivity index (χ0) is 38.6. The van der Waals surface area contributed by atoms with Gasteiger partial charge in [-0.05, 0) is 93.1 Å². The van der Waals surface area contributed by atoms with Crippen LogP contribution in [0.15, 0.2) is 143 Å². The minimum Gasteiger partial charge on any atom is -0.657 e. The Morgan fingerprint density at radius 1 is 0.368 bits per heavy atom. The average Bonchev–Trinajstić information content (AvgIpc) is 4.03. The van der Waals surface area contributed by atoms with Crippen molar-refractivity contribution in [3.05, 3.63) is 156 Å². The van der Waals surface area contributed by atoms with Crippen molar-refractivity contribution >= 4 is 66.6 Å². The van der Waals surface area contributed by atoms with Crippen molar-refractivity contribution in [3.63, 3.8) is 0 Å². The van der Waals surface area contributed by atoms with Crippen molar-refractivity contribution in [1.82, 2.24) is 19.9 Å². The van der Waals surface area contributed by atoms with Crippen LogP contribution in [0.2, 0.25) is 0 Å². The number of benzene rings is 4. The van der Waals surface area contributed by atoms with E-state index in [4.69, 9.17) is 19.9 Å². The molecule has 0 atom stereocenters. The van der Waals surface area contributed by atoms with Gasteiger partial charge in [-0.15, -0.1) is 22.1 Å². The van der Waals surface area contributed by atoms with E-state index < -0.39 is 20.2 Å². The Kier molecular flexibility index (Phi) is 9.74. The molecule has 283 valence electrons. The van der Waals surface area contributed by atoms with Crippen LogP contribution in [0.1, 0.15) is 22.8 Å². The molecule has 57 heavy (non-hydrogen) atoms. The van der Waals surface area contributed by atoms with E-state index in [0.717, 1.165) is 22.3 Å². The SMILES string of the molecule is O=S(=O)(O)c1ccc(-c2c3nc(c(-c4ccccc4)c4ccc([n-]4)c(-c4ccccc4)c4nc(c(-c5ccc(S(=O)(=O)O)cc5)c5ccc2[n-]5)C=C4)C=C3)cc1.[Cu+2]. The normalized spacial score (nSPS) is 12.4. The summed E-state index contributed by atoms with van der Waals surface area (Å²) in [7, 11) is -8.90. The van der Waals surface area contributed by atoms with Gasteiger partial charge in [0, 0.05) is 0 Å². The van der Waals surface area contributed by atoms with Crippen molar-refractivity contribution in [2.75, 3.05) is 0 Å². The maximum Gasteiger partial charge on any atom is 2.00 e. The fourth-order valence-corrected chi connectivity index (χ4v) is 8.03. The summed E-state index contributed by atoms with van der Waals surface area (Å²) in [6.45, 7) is 0. The van der Waals surface area contributed by atoms with Crippen molar-refractivity contribution in [2.45, 2.75) is 9.79 Å². The second kappa shape index (κ2) is 14.7. The van der Waals surface area contributed by atoms with Gasteiger partial charge in [0.15, 0.2) is 0 Å². The molecular weight excluding hydrogens is 808 g/mol. The predicted molar refractivity (Wildman–Crippen MR) is 218 cm³/mol. The molecule has 0 fully saturated rings. The zero-order valence-corrected chi connectivity index (χ0v) is 32.0. The summed E-state index contributed by atoms with van der Waals surface area (Å²) in [5.74, 6) is 0. The maximum absolute atomic E-state index is 12.0. The Bertz CT molecular complexity index is 2950. The minimum atomic E-state index is -4.45. The van der Waals surface area contributed by atoms with Crippen LogP contribution in [0, 0.1) is 0 Å². The molecule has 4 aromatic carbocycles. The first kappa shape index (κ1) is 37.7. The fraction of sp³-hybridized carbons (Fsp3) is 0. The quantitative estimate of drug-likeness (QED) is 0.122. The fourth-order valence-electron chi connectivity index (χ4n) is 7.07. The van der Waals surface area contributed by atoms with Crippen LogP contribution in [-0.4, -0.2) is 35.9 Å². The van der Waals surface area contributed by atoms with Gasteiger partial charge in [0.2, 0.25) is 0 Å². The molecular formula is C44H28CuN4O6S2. The molecule has 2 aliphatic heterocycles. The Balaban J connectivity index is 0.00000455. The molecule has 0 aliphatic carbocycles. The molecule has 7 aromatic rings. The summed E-state index contributed by atoms with van der Waals surface area (Å²) >= 11 is 0. The number of nitrogens with zero attached hydrogens (tertiary/aromatic N) is 4. The standard InChI is InChI=1S/C44H28N4O6S2.Cu/c49-55(50,51)31-15-11-29(12-16-31)43-37-23-21-35(46-37)41(27-7-3-1-4-8-27)33-19-20-34(45-33)42(28-9-5-2-6-10-28)36-22-24-38(47-36)44(40-26-25-39(43)48-40)30-13-17-32(18-14-30)56(52,53)54;/h1-26H,(H,49,50,51)(H,52,53,54);/q-2;+2. The molecule has 5 heterocycles. The zero-order valence-electron chi connectivity index (χ0n) is 29.4. The second-order valence-corrected chi connectivity index (χ2v) is 15.9. The van der Waals surface area contributed by atoms with Crippen LogP contribution < -0.4 is 9.97 Å². The molecule has 0 saturated heterocycles. The van der Waals surface area contributed by atoms with Crippen LogP contribution in [0.5, 0.6) is 0 Å². The first-order valence-electron chi connectivity index (χ1n) is 17.3. The van der Waals surface area contributed by atoms with Crippen LogP contribution >= 0.6 is 0 Å². The van der Waals surface area contributed by atoms with Crippen molar-refractivity contribution in [2.24, 2.45) is 0 Å². The van der Waals surface area contributed by atoms with Gasteiger partial charge < -0.3 is 9.97 Å². The number of fused-ring (bicyclic) bond motifs is 8. The van der Waals surface area contributed by atoms with E-state index in [1.807, 2.05) is 109 Å². The summed E-state index contributed by atoms with van der Waals surface area (Å²) in [6, 6.07) is 39.0. The molecule has 8 bridgehead atoms. The van der Waals surface area contributed by atoms with Crippen LogP contribution in [0.4, 0.5) is 0 Å². The Labute approximate surface area is 338 Å². The van der Waals surface area contributed by atoms with E-state index in [9.17, 15) is 25.9 Å². The van der Waals surface area contributed by atoms with E-state index in [1.54, 1.807) is 24.3 Å². The number of hydrogen-bond donors (Lipinski definition) is 2. The molecule has 2 N–H and O–H groups in total. The van der Waals surface area contributed by atoms with E-state index in [1.165, 1.54) is 24.3 Å². The molecule has 1 radical (unpaired) electrons. The van der Waals surface area contributed by atoms with Gasteiger partial charge in [0.1, 0.15) is 0 Å². The third-order valence-corrected chi connectivity index (χ3v) is 11.4. The van der Waals surface area contributed by atoms with Gasteiger partial charge in [0.25, 0.3) is 20.2 Å². The van der Waals surface area contributed by atoms with Gasteiger partial charge >= 0.3 is 17.1 Å². The van der Waals surface area contributed by atoms with Crippen LogP contribution in [-0.2, 0) is 37.3 Å². The van der Waals surface area contributed by atoms with E-state index >= 15 is 0 Å². The third-order valence-electron chi connectivity index (χ3n) is 9.62. The Morgan fingerprint density at radius 2 is 0.632 bits per heavy atom. The first-order valence-corrected chi connectivity index (χ1v) is 20.2. The van der Waals surface area contributed by atoms with Crippen molar-refractivity contribution in [1.29, 1.82) is 0 Å². The van der Waals surface area contributed by atoms with E-state index in [2.05, 4.69) is 0 Å². The second-order valence-electron chi connectivity index (χ2n) is 13.1. The Morgan fingerprint density at radius 3 is 0.895 bits per heavy atom. The van der Waals surface area contributed by atoms with Gasteiger partial charge in [-0.25, -0.2) is 9.97 Å². The summed E-state index contributed by atoms with van der Waals surface area (Å²) in [6.07, 6.45) is 7.60. The average molecular weight is 836 g/mol. The largest absolute Gasteiger partial charge is 2.00 e. The van der Waals surface area contributed by atoms with Gasteiger partial charge in [-0.1, -0.05) is 109 Å². The van der Waals surface area contributed by atoms with E-state index in [0.29, 0.717) is 67.1 Å². The third kappa shape index (κ3) is 7.20. The van der Waals surface area contributed by atoms with Gasteiger partial charge in [-0.2, -0.15) is 16.8 Å². The molecule has 0 spiro atoms. The molecule has 10 nitrogen and oxygen atoms in total. The van der Waals surface area contributed by atoms with E-state index in [-0.39, 0.29) is 26.9 Å². The van der Waals surface area contributed by atoms with Crippen molar-refractivity contribution < 1.29 is 43.0 Å². The molecule has 0 saturated carbocycles. The molecule has 2 aliphatic rings. The van der Waals surface area contributed by atoms with Gasteiger partial charge in [-0.3, -0.25) is 9.11 Å². The topological polar surface area (TPSA) is 163 Å². The molecule has 9 rings (SSSR count). The molecule has 13 heteroatoms. The first-order chi connectivity index (χ1) is 27.0. The minimum absolute atomic E-state index is 0. The predicted octanol–water partition coefficient (Wildman–Crippen LogP) is 9.07. The van der Waals surface area contributed by atoms with Gasteiger partial charge in [0.05, 0.1) is 32.6 Å². The summed E-state index contributed by atoms with van der Waals surface area (Å²) < 4.78 is 67.3. The number of rotatable bonds is 6. The molecule has 0 unspecified atom stereocenters. The Hall–Kier alpha value is -6.18.